The highest BCUT2D eigenvalue weighted by molar-refractivity contribution is 7.98. The molecule has 0 unspecified atom stereocenters. The minimum atomic E-state index is -0.919. The van der Waals surface area contributed by atoms with Crippen molar-refractivity contribution in [2.24, 2.45) is 0 Å². The lowest BCUT2D eigenvalue weighted by molar-refractivity contribution is -0.385. The standard InChI is InChI=1S/C18H18N2O6S/c1-25-13-5-3-12(4-6-13)10-19-17(21)11-26-18(22)15-9-14(27-2)7-8-16(15)20(23)24/h3-9H,10-11H2,1-2H3,(H,19,21). The van der Waals surface area contributed by atoms with E-state index in [2.05, 4.69) is 5.32 Å². The van der Waals surface area contributed by atoms with Crippen molar-refractivity contribution in [1.29, 1.82) is 0 Å². The van der Waals surface area contributed by atoms with Crippen LogP contribution in [0.15, 0.2) is 47.4 Å². The number of benzene rings is 2. The number of esters is 1. The maximum absolute atomic E-state index is 12.2. The summed E-state index contributed by atoms with van der Waals surface area (Å²) in [5.41, 5.74) is 0.296. The van der Waals surface area contributed by atoms with Crippen LogP contribution in [-0.4, -0.2) is 36.8 Å². The number of ether oxygens (including phenoxy) is 2. The molecule has 9 heteroatoms. The van der Waals surface area contributed by atoms with E-state index in [1.165, 1.54) is 23.9 Å². The minimum absolute atomic E-state index is 0.185. The summed E-state index contributed by atoms with van der Waals surface area (Å²) in [7, 11) is 1.56. The van der Waals surface area contributed by atoms with Crippen LogP contribution in [0.3, 0.4) is 0 Å². The molecule has 0 fully saturated rings. The van der Waals surface area contributed by atoms with E-state index in [0.29, 0.717) is 10.6 Å². The van der Waals surface area contributed by atoms with E-state index < -0.39 is 23.4 Å². The molecule has 2 rings (SSSR count). The van der Waals surface area contributed by atoms with Gasteiger partial charge in [0.05, 0.1) is 12.0 Å². The molecule has 0 aliphatic heterocycles. The molecule has 0 atom stereocenters. The van der Waals surface area contributed by atoms with Gasteiger partial charge < -0.3 is 14.8 Å². The number of nitrogens with zero attached hydrogens (tertiary/aromatic N) is 1. The Bertz CT molecular complexity index is 838. The number of methoxy groups -OCH3 is 1. The molecule has 0 saturated heterocycles. The van der Waals surface area contributed by atoms with Crippen LogP contribution in [0, 0.1) is 10.1 Å². The minimum Gasteiger partial charge on any atom is -0.497 e. The van der Waals surface area contributed by atoms with Gasteiger partial charge in [-0.1, -0.05) is 12.1 Å². The van der Waals surface area contributed by atoms with Gasteiger partial charge in [-0.25, -0.2) is 4.79 Å². The molecule has 1 N–H and O–H groups in total. The molecule has 0 aliphatic rings. The number of amides is 1. The van der Waals surface area contributed by atoms with Crippen LogP contribution in [0.5, 0.6) is 5.75 Å². The summed E-state index contributed by atoms with van der Waals surface area (Å²) in [5, 5.41) is 13.7. The van der Waals surface area contributed by atoms with E-state index >= 15 is 0 Å². The zero-order valence-electron chi connectivity index (χ0n) is 14.8. The van der Waals surface area contributed by atoms with Crippen molar-refractivity contribution >= 4 is 29.3 Å². The molecule has 1 amide bonds. The molecule has 0 bridgehead atoms. The van der Waals surface area contributed by atoms with Gasteiger partial charge in [-0.2, -0.15) is 0 Å². The van der Waals surface area contributed by atoms with Crippen molar-refractivity contribution in [3.63, 3.8) is 0 Å². The number of nitro groups is 1. The first-order chi connectivity index (χ1) is 12.9. The molecule has 0 heterocycles. The van der Waals surface area contributed by atoms with Crippen molar-refractivity contribution in [1.82, 2.24) is 5.32 Å². The second kappa shape index (κ2) is 9.58. The summed E-state index contributed by atoms with van der Waals surface area (Å²) in [6, 6.07) is 11.3. The third kappa shape index (κ3) is 5.71. The van der Waals surface area contributed by atoms with E-state index in [1.807, 2.05) is 0 Å². The van der Waals surface area contributed by atoms with Crippen LogP contribution in [0.4, 0.5) is 5.69 Å². The van der Waals surface area contributed by atoms with E-state index in [9.17, 15) is 19.7 Å². The summed E-state index contributed by atoms with van der Waals surface area (Å²) >= 11 is 1.33. The molecule has 0 spiro atoms. The van der Waals surface area contributed by atoms with Gasteiger partial charge >= 0.3 is 5.97 Å². The molecule has 2 aromatic rings. The lowest BCUT2D eigenvalue weighted by atomic mass is 10.2. The average molecular weight is 390 g/mol. The summed E-state index contributed by atoms with van der Waals surface area (Å²) in [6.45, 7) is -0.280. The van der Waals surface area contributed by atoms with Crippen LogP contribution in [0.25, 0.3) is 0 Å². The Hall–Kier alpha value is -3.07. The normalized spacial score (nSPS) is 10.1. The fourth-order valence-electron chi connectivity index (χ4n) is 2.17. The summed E-state index contributed by atoms with van der Waals surface area (Å²) < 4.78 is 9.97. The topological polar surface area (TPSA) is 108 Å². The van der Waals surface area contributed by atoms with Crippen molar-refractivity contribution in [2.75, 3.05) is 20.0 Å². The SMILES string of the molecule is COc1ccc(CNC(=O)COC(=O)c2cc(SC)ccc2[N+](=O)[O-])cc1. The van der Waals surface area contributed by atoms with Crippen LogP contribution in [0.1, 0.15) is 15.9 Å². The first-order valence-electron chi connectivity index (χ1n) is 7.83. The molecule has 0 radical (unpaired) electrons. The van der Waals surface area contributed by atoms with E-state index in [4.69, 9.17) is 9.47 Å². The quantitative estimate of drug-likeness (QED) is 0.319. The zero-order valence-corrected chi connectivity index (χ0v) is 15.6. The molecule has 8 nitrogen and oxygen atoms in total. The lowest BCUT2D eigenvalue weighted by Crippen LogP contribution is -2.28. The maximum atomic E-state index is 12.2. The number of carbonyl (C=O) groups is 2. The van der Waals surface area contributed by atoms with Crippen molar-refractivity contribution in [3.05, 3.63) is 63.7 Å². The molecule has 27 heavy (non-hydrogen) atoms. The molecule has 0 aliphatic carbocycles. The van der Waals surface area contributed by atoms with Gasteiger partial charge in [-0.15, -0.1) is 11.8 Å². The van der Waals surface area contributed by atoms with Crippen LogP contribution >= 0.6 is 11.8 Å². The van der Waals surface area contributed by atoms with E-state index in [-0.39, 0.29) is 17.8 Å². The number of carbonyl (C=O) groups excluding carboxylic acids is 2. The van der Waals surface area contributed by atoms with Crippen LogP contribution < -0.4 is 10.1 Å². The number of rotatable bonds is 8. The van der Waals surface area contributed by atoms with E-state index in [0.717, 1.165) is 5.56 Å². The van der Waals surface area contributed by atoms with Gasteiger partial charge in [0.15, 0.2) is 6.61 Å². The highest BCUT2D eigenvalue weighted by Crippen LogP contribution is 2.25. The Morgan fingerprint density at radius 3 is 2.48 bits per heavy atom. The van der Waals surface area contributed by atoms with Crippen molar-refractivity contribution < 1.29 is 24.0 Å². The third-order valence-electron chi connectivity index (χ3n) is 3.60. The number of hydrogen-bond acceptors (Lipinski definition) is 7. The lowest BCUT2D eigenvalue weighted by Gasteiger charge is -2.08. The highest BCUT2D eigenvalue weighted by atomic mass is 32.2. The highest BCUT2D eigenvalue weighted by Gasteiger charge is 2.22. The first kappa shape index (κ1) is 20.2. The van der Waals surface area contributed by atoms with Crippen LogP contribution in [-0.2, 0) is 16.1 Å². The number of thioether (sulfide) groups is 1. The second-order valence-corrected chi connectivity index (χ2v) is 6.22. The Labute approximate surface area is 160 Å². The van der Waals surface area contributed by atoms with Gasteiger partial charge in [-0.3, -0.25) is 14.9 Å². The maximum Gasteiger partial charge on any atom is 0.345 e. The summed E-state index contributed by atoms with van der Waals surface area (Å²) in [5.74, 6) is -0.729. The summed E-state index contributed by atoms with van der Waals surface area (Å²) in [4.78, 5) is 35.1. The van der Waals surface area contributed by atoms with Crippen LogP contribution in [0.2, 0.25) is 0 Å². The fourth-order valence-corrected chi connectivity index (χ4v) is 2.61. The third-order valence-corrected chi connectivity index (χ3v) is 4.33. The molecular formula is C18H18N2O6S. The summed E-state index contributed by atoms with van der Waals surface area (Å²) in [6.07, 6.45) is 1.78. The van der Waals surface area contributed by atoms with E-state index in [1.54, 1.807) is 43.7 Å². The fraction of sp³-hybridized carbons (Fsp3) is 0.222. The molecular weight excluding hydrogens is 372 g/mol. The van der Waals surface area contributed by atoms with Gasteiger partial charge in [-0.05, 0) is 36.1 Å². The van der Waals surface area contributed by atoms with Crippen molar-refractivity contribution in [2.45, 2.75) is 11.4 Å². The molecule has 2 aromatic carbocycles. The Balaban J connectivity index is 1.92. The number of nitro benzene ring substituents is 1. The smallest absolute Gasteiger partial charge is 0.345 e. The monoisotopic (exact) mass is 390 g/mol. The Morgan fingerprint density at radius 2 is 1.89 bits per heavy atom. The molecule has 0 aromatic heterocycles. The average Bonchev–Trinajstić information content (AvgIpc) is 2.70. The first-order valence-corrected chi connectivity index (χ1v) is 9.06. The second-order valence-electron chi connectivity index (χ2n) is 5.34. The van der Waals surface area contributed by atoms with Gasteiger partial charge in [0.1, 0.15) is 11.3 Å². The predicted octanol–water partition coefficient (Wildman–Crippen LogP) is 2.80. The predicted molar refractivity (Wildman–Crippen MR) is 100 cm³/mol. The number of nitrogens with one attached hydrogen (secondary N) is 1. The largest absolute Gasteiger partial charge is 0.497 e. The Morgan fingerprint density at radius 1 is 1.19 bits per heavy atom. The Kier molecular flexibility index (Phi) is 7.18. The van der Waals surface area contributed by atoms with Crippen molar-refractivity contribution in [3.8, 4) is 5.75 Å². The zero-order chi connectivity index (χ0) is 19.8. The molecule has 142 valence electrons. The molecule has 0 saturated carbocycles. The van der Waals surface area contributed by atoms with Gasteiger partial charge in [0.2, 0.25) is 0 Å². The van der Waals surface area contributed by atoms with Gasteiger partial charge in [0, 0.05) is 17.5 Å². The number of hydrogen-bond donors (Lipinski definition) is 1. The van der Waals surface area contributed by atoms with Gasteiger partial charge in [0.25, 0.3) is 11.6 Å².